The van der Waals surface area contributed by atoms with Crippen molar-refractivity contribution in [3.8, 4) is 11.3 Å². The number of carboxylic acids is 1. The van der Waals surface area contributed by atoms with Gasteiger partial charge in [0.25, 0.3) is 0 Å². The standard InChI is InChI=1S/C18H19FN2O3/c19-16-9-12(11-1-2-11)3-4-14(16)17-15(18(22)23)10-20-21(17)13-5-7-24-8-6-13/h3-4,9-11,13H,1-2,5-8H2,(H,22,23). The van der Waals surface area contributed by atoms with E-state index >= 15 is 0 Å². The Morgan fingerprint density at radius 2 is 2.00 bits per heavy atom. The van der Waals surface area contributed by atoms with Gasteiger partial charge in [-0.1, -0.05) is 6.07 Å². The molecule has 5 nitrogen and oxygen atoms in total. The number of nitrogens with zero attached hydrogens (tertiary/aromatic N) is 2. The van der Waals surface area contributed by atoms with Gasteiger partial charge in [0, 0.05) is 18.8 Å². The molecule has 2 heterocycles. The SMILES string of the molecule is O=C(O)c1cnn(C2CCOCC2)c1-c1ccc(C2CC2)cc1F. The fourth-order valence-corrected chi connectivity index (χ4v) is 3.39. The Kier molecular flexibility index (Phi) is 3.84. The molecule has 0 amide bonds. The summed E-state index contributed by atoms with van der Waals surface area (Å²) >= 11 is 0. The van der Waals surface area contributed by atoms with Crippen LogP contribution in [0, 0.1) is 5.82 Å². The van der Waals surface area contributed by atoms with Crippen LogP contribution in [0.15, 0.2) is 24.4 Å². The van der Waals surface area contributed by atoms with Gasteiger partial charge in [0.15, 0.2) is 0 Å². The van der Waals surface area contributed by atoms with E-state index in [1.165, 1.54) is 6.20 Å². The third-order valence-electron chi connectivity index (χ3n) is 4.86. The average molecular weight is 330 g/mol. The highest BCUT2D eigenvalue weighted by molar-refractivity contribution is 5.94. The minimum absolute atomic E-state index is 0.0318. The number of hydrogen-bond acceptors (Lipinski definition) is 3. The van der Waals surface area contributed by atoms with E-state index in [9.17, 15) is 14.3 Å². The molecule has 2 aromatic rings. The lowest BCUT2D eigenvalue weighted by Crippen LogP contribution is -2.21. The monoisotopic (exact) mass is 330 g/mol. The van der Waals surface area contributed by atoms with E-state index in [1.54, 1.807) is 16.8 Å². The number of ether oxygens (including phenoxy) is 1. The summed E-state index contributed by atoms with van der Waals surface area (Å²) in [7, 11) is 0. The predicted octanol–water partition coefficient (Wildman–Crippen LogP) is 3.62. The first kappa shape index (κ1) is 15.3. The lowest BCUT2D eigenvalue weighted by atomic mass is 10.0. The van der Waals surface area contributed by atoms with Gasteiger partial charge in [-0.2, -0.15) is 5.10 Å². The van der Waals surface area contributed by atoms with Crippen molar-refractivity contribution in [2.45, 2.75) is 37.6 Å². The van der Waals surface area contributed by atoms with Gasteiger partial charge in [-0.15, -0.1) is 0 Å². The molecular formula is C18H19FN2O3. The maximum atomic E-state index is 14.7. The molecular weight excluding hydrogens is 311 g/mol. The van der Waals surface area contributed by atoms with Crippen LogP contribution in [0.3, 0.4) is 0 Å². The van der Waals surface area contributed by atoms with Crippen LogP contribution in [0.2, 0.25) is 0 Å². The van der Waals surface area contributed by atoms with Crippen LogP contribution in [0.5, 0.6) is 0 Å². The Morgan fingerprint density at radius 1 is 1.25 bits per heavy atom. The maximum absolute atomic E-state index is 14.7. The smallest absolute Gasteiger partial charge is 0.339 e. The van der Waals surface area contributed by atoms with Crippen molar-refractivity contribution in [1.29, 1.82) is 0 Å². The second-order valence-corrected chi connectivity index (χ2v) is 6.51. The van der Waals surface area contributed by atoms with Crippen LogP contribution in [-0.2, 0) is 4.74 Å². The molecule has 0 spiro atoms. The fraction of sp³-hybridized carbons (Fsp3) is 0.444. The summed E-state index contributed by atoms with van der Waals surface area (Å²) in [5.74, 6) is -1.02. The Hall–Kier alpha value is -2.21. The lowest BCUT2D eigenvalue weighted by molar-refractivity contribution is 0.0665. The summed E-state index contributed by atoms with van der Waals surface area (Å²) in [5.41, 5.74) is 1.69. The molecule has 2 aliphatic rings. The van der Waals surface area contributed by atoms with Gasteiger partial charge in [-0.05, 0) is 49.3 Å². The molecule has 4 rings (SSSR count). The lowest BCUT2D eigenvalue weighted by Gasteiger charge is -2.24. The third-order valence-corrected chi connectivity index (χ3v) is 4.86. The Labute approximate surface area is 139 Å². The van der Waals surface area contributed by atoms with Crippen LogP contribution >= 0.6 is 0 Å². The summed E-state index contributed by atoms with van der Waals surface area (Å²) in [5, 5.41) is 13.7. The molecule has 1 saturated heterocycles. The molecule has 6 heteroatoms. The van der Waals surface area contributed by atoms with E-state index in [0.29, 0.717) is 30.4 Å². The molecule has 1 aromatic carbocycles. The van der Waals surface area contributed by atoms with Gasteiger partial charge in [0.05, 0.1) is 17.9 Å². The predicted molar refractivity (Wildman–Crippen MR) is 85.6 cm³/mol. The molecule has 2 fully saturated rings. The molecule has 0 bridgehead atoms. The van der Waals surface area contributed by atoms with Crippen LogP contribution in [0.4, 0.5) is 4.39 Å². The summed E-state index contributed by atoms with van der Waals surface area (Å²) in [4.78, 5) is 11.6. The first-order valence-corrected chi connectivity index (χ1v) is 8.33. The molecule has 0 atom stereocenters. The van der Waals surface area contributed by atoms with Gasteiger partial charge in [-0.25, -0.2) is 9.18 Å². The molecule has 24 heavy (non-hydrogen) atoms. The molecule has 126 valence electrons. The van der Waals surface area contributed by atoms with Crippen LogP contribution in [-0.4, -0.2) is 34.1 Å². The number of benzene rings is 1. The number of hydrogen-bond donors (Lipinski definition) is 1. The molecule has 1 N–H and O–H groups in total. The number of halogens is 1. The van der Waals surface area contributed by atoms with Crippen molar-refractivity contribution in [2.75, 3.05) is 13.2 Å². The second kappa shape index (κ2) is 6.02. The van der Waals surface area contributed by atoms with E-state index in [4.69, 9.17) is 4.74 Å². The fourth-order valence-electron chi connectivity index (χ4n) is 3.39. The van der Waals surface area contributed by atoms with Gasteiger partial charge < -0.3 is 9.84 Å². The van der Waals surface area contributed by atoms with Crippen molar-refractivity contribution in [2.24, 2.45) is 0 Å². The number of aromatic nitrogens is 2. The Bertz CT molecular complexity index is 777. The van der Waals surface area contributed by atoms with E-state index in [2.05, 4.69) is 5.10 Å². The largest absolute Gasteiger partial charge is 0.478 e. The number of carboxylic acid groups (broad SMARTS) is 1. The van der Waals surface area contributed by atoms with Gasteiger partial charge in [0.2, 0.25) is 0 Å². The highest BCUT2D eigenvalue weighted by Crippen LogP contribution is 2.41. The zero-order chi connectivity index (χ0) is 16.7. The highest BCUT2D eigenvalue weighted by Gasteiger charge is 2.28. The zero-order valence-corrected chi connectivity index (χ0v) is 13.2. The molecule has 1 aliphatic carbocycles. The van der Waals surface area contributed by atoms with Crippen molar-refractivity contribution in [3.05, 3.63) is 41.3 Å². The van der Waals surface area contributed by atoms with Crippen LogP contribution in [0.1, 0.15) is 53.6 Å². The van der Waals surface area contributed by atoms with Gasteiger partial charge >= 0.3 is 5.97 Å². The summed E-state index contributed by atoms with van der Waals surface area (Å²) < 4.78 is 21.8. The van der Waals surface area contributed by atoms with Gasteiger partial charge in [0.1, 0.15) is 11.4 Å². The van der Waals surface area contributed by atoms with E-state index in [-0.39, 0.29) is 17.4 Å². The van der Waals surface area contributed by atoms with E-state index in [1.807, 2.05) is 6.07 Å². The Morgan fingerprint density at radius 3 is 2.62 bits per heavy atom. The summed E-state index contributed by atoms with van der Waals surface area (Å²) in [6, 6.07) is 5.18. The first-order chi connectivity index (χ1) is 11.6. The number of rotatable bonds is 4. The number of carbonyl (C=O) groups is 1. The summed E-state index contributed by atoms with van der Waals surface area (Å²) in [6.45, 7) is 1.21. The average Bonchev–Trinajstić information content (AvgIpc) is 3.34. The highest BCUT2D eigenvalue weighted by atomic mass is 19.1. The summed E-state index contributed by atoms with van der Waals surface area (Å²) in [6.07, 6.45) is 5.00. The minimum atomic E-state index is -1.09. The quantitative estimate of drug-likeness (QED) is 0.930. The van der Waals surface area contributed by atoms with Crippen molar-refractivity contribution < 1.29 is 19.0 Å². The first-order valence-electron chi connectivity index (χ1n) is 8.33. The van der Waals surface area contributed by atoms with Gasteiger partial charge in [-0.3, -0.25) is 4.68 Å². The van der Waals surface area contributed by atoms with Crippen LogP contribution < -0.4 is 0 Å². The third kappa shape index (κ3) is 2.71. The molecule has 1 aromatic heterocycles. The normalized spacial score (nSPS) is 18.7. The molecule has 1 aliphatic heterocycles. The topological polar surface area (TPSA) is 64.3 Å². The molecule has 1 saturated carbocycles. The number of aromatic carboxylic acids is 1. The zero-order valence-electron chi connectivity index (χ0n) is 13.2. The van der Waals surface area contributed by atoms with Crippen molar-refractivity contribution in [3.63, 3.8) is 0 Å². The van der Waals surface area contributed by atoms with E-state index < -0.39 is 5.97 Å². The molecule has 0 radical (unpaired) electrons. The van der Waals surface area contributed by atoms with Crippen molar-refractivity contribution in [1.82, 2.24) is 9.78 Å². The maximum Gasteiger partial charge on any atom is 0.339 e. The second-order valence-electron chi connectivity index (χ2n) is 6.51. The van der Waals surface area contributed by atoms with Crippen LogP contribution in [0.25, 0.3) is 11.3 Å². The van der Waals surface area contributed by atoms with E-state index in [0.717, 1.165) is 31.2 Å². The van der Waals surface area contributed by atoms with Crippen molar-refractivity contribution >= 4 is 5.97 Å². The Balaban J connectivity index is 1.80. The minimum Gasteiger partial charge on any atom is -0.478 e. The molecule has 0 unspecified atom stereocenters.